The fraction of sp³-hybridized carbons (Fsp3) is 0.294. The monoisotopic (exact) mass is 270 g/mol. The molecule has 1 N–H and O–H groups in total. The van der Waals surface area contributed by atoms with Crippen LogP contribution in [0.5, 0.6) is 0 Å². The smallest absolute Gasteiger partial charge is 0.146 e. The molecule has 0 saturated heterocycles. The molecule has 3 heteroatoms. The average molecular weight is 270 g/mol. The lowest BCUT2D eigenvalue weighted by molar-refractivity contribution is 0.609. The number of likely N-dealkylation sites (N-methyl/N-ethyl adjacent to an activating group) is 1. The van der Waals surface area contributed by atoms with Gasteiger partial charge in [0.05, 0.1) is 5.69 Å². The molecule has 0 amide bonds. The van der Waals surface area contributed by atoms with E-state index in [4.69, 9.17) is 0 Å². The van der Waals surface area contributed by atoms with Crippen LogP contribution >= 0.6 is 0 Å². The summed E-state index contributed by atoms with van der Waals surface area (Å²) in [5.74, 6) is 0.263. The van der Waals surface area contributed by atoms with Crippen LogP contribution in [0.2, 0.25) is 0 Å². The van der Waals surface area contributed by atoms with Crippen molar-refractivity contribution in [3.05, 3.63) is 59.9 Å². The van der Waals surface area contributed by atoms with Gasteiger partial charge < -0.3 is 10.2 Å². The Morgan fingerprint density at radius 1 is 1.15 bits per heavy atom. The SMILES string of the molecule is CCN(CC1CNc2ccccc21)c1ccccc1F. The predicted octanol–water partition coefficient (Wildman–Crippen LogP) is 3.86. The molecule has 0 fully saturated rings. The van der Waals surface area contributed by atoms with Crippen molar-refractivity contribution in [3.63, 3.8) is 0 Å². The molecule has 0 saturated carbocycles. The summed E-state index contributed by atoms with van der Waals surface area (Å²) in [5, 5.41) is 3.43. The van der Waals surface area contributed by atoms with Crippen molar-refractivity contribution in [2.45, 2.75) is 12.8 Å². The Kier molecular flexibility index (Phi) is 3.59. The van der Waals surface area contributed by atoms with Crippen LogP contribution in [-0.2, 0) is 0 Å². The van der Waals surface area contributed by atoms with Crippen LogP contribution in [0.4, 0.5) is 15.8 Å². The van der Waals surface area contributed by atoms with Crippen molar-refractivity contribution in [1.82, 2.24) is 0 Å². The molecule has 1 aliphatic rings. The van der Waals surface area contributed by atoms with Crippen molar-refractivity contribution < 1.29 is 4.39 Å². The fourth-order valence-corrected chi connectivity index (χ4v) is 2.89. The first-order chi connectivity index (χ1) is 9.79. The van der Waals surface area contributed by atoms with Gasteiger partial charge in [-0.3, -0.25) is 0 Å². The van der Waals surface area contributed by atoms with E-state index in [2.05, 4.69) is 35.3 Å². The summed E-state index contributed by atoms with van der Waals surface area (Å²) >= 11 is 0. The Morgan fingerprint density at radius 2 is 1.90 bits per heavy atom. The molecule has 3 rings (SSSR count). The summed E-state index contributed by atoms with van der Waals surface area (Å²) in [7, 11) is 0. The number of nitrogens with one attached hydrogen (secondary N) is 1. The fourth-order valence-electron chi connectivity index (χ4n) is 2.89. The van der Waals surface area contributed by atoms with E-state index in [1.54, 1.807) is 6.07 Å². The standard InChI is InChI=1S/C17H19FN2/c1-2-20(17-10-6-4-8-15(17)18)12-13-11-19-16-9-5-3-7-14(13)16/h3-10,13,19H,2,11-12H2,1H3. The second-order valence-electron chi connectivity index (χ2n) is 5.16. The van der Waals surface area contributed by atoms with Crippen LogP contribution in [0.25, 0.3) is 0 Å². The summed E-state index contributed by atoms with van der Waals surface area (Å²) in [5.41, 5.74) is 3.24. The first-order valence-corrected chi connectivity index (χ1v) is 7.12. The molecule has 2 aromatic rings. The number of anilines is 2. The van der Waals surface area contributed by atoms with Gasteiger partial charge in [-0.05, 0) is 30.7 Å². The minimum Gasteiger partial charge on any atom is -0.384 e. The van der Waals surface area contributed by atoms with Gasteiger partial charge in [-0.25, -0.2) is 4.39 Å². The van der Waals surface area contributed by atoms with E-state index in [-0.39, 0.29) is 5.82 Å². The first-order valence-electron chi connectivity index (χ1n) is 7.12. The third-order valence-corrected chi connectivity index (χ3v) is 3.96. The Hall–Kier alpha value is -2.03. The van der Waals surface area contributed by atoms with E-state index in [1.807, 2.05) is 18.2 Å². The number of halogens is 1. The molecule has 104 valence electrons. The minimum atomic E-state index is -0.145. The van der Waals surface area contributed by atoms with Gasteiger partial charge in [0.1, 0.15) is 5.82 Å². The van der Waals surface area contributed by atoms with Crippen molar-refractivity contribution in [2.24, 2.45) is 0 Å². The zero-order valence-corrected chi connectivity index (χ0v) is 11.6. The molecule has 1 unspecified atom stereocenters. The van der Waals surface area contributed by atoms with Crippen molar-refractivity contribution in [2.75, 3.05) is 29.9 Å². The molecule has 0 spiro atoms. The van der Waals surface area contributed by atoms with Crippen molar-refractivity contribution in [1.29, 1.82) is 0 Å². The van der Waals surface area contributed by atoms with Gasteiger partial charge in [0.15, 0.2) is 0 Å². The lowest BCUT2D eigenvalue weighted by Crippen LogP contribution is -2.29. The summed E-state index contributed by atoms with van der Waals surface area (Å²) < 4.78 is 13.9. The van der Waals surface area contributed by atoms with E-state index >= 15 is 0 Å². The molecular weight excluding hydrogens is 251 g/mol. The van der Waals surface area contributed by atoms with E-state index < -0.39 is 0 Å². The molecule has 2 aromatic carbocycles. The zero-order chi connectivity index (χ0) is 13.9. The maximum atomic E-state index is 13.9. The Balaban J connectivity index is 1.82. The number of hydrogen-bond donors (Lipinski definition) is 1. The Labute approximate surface area is 119 Å². The van der Waals surface area contributed by atoms with E-state index in [0.29, 0.717) is 11.6 Å². The molecule has 0 bridgehead atoms. The number of hydrogen-bond acceptors (Lipinski definition) is 2. The van der Waals surface area contributed by atoms with E-state index in [1.165, 1.54) is 17.3 Å². The van der Waals surface area contributed by atoms with E-state index in [0.717, 1.165) is 19.6 Å². The van der Waals surface area contributed by atoms with Crippen LogP contribution in [0.15, 0.2) is 48.5 Å². The highest BCUT2D eigenvalue weighted by Crippen LogP contribution is 2.32. The van der Waals surface area contributed by atoms with Crippen LogP contribution in [0.1, 0.15) is 18.4 Å². The zero-order valence-electron chi connectivity index (χ0n) is 11.6. The molecule has 1 atom stereocenters. The highest BCUT2D eigenvalue weighted by Gasteiger charge is 2.24. The molecule has 1 aliphatic heterocycles. The van der Waals surface area contributed by atoms with Gasteiger partial charge in [0.25, 0.3) is 0 Å². The van der Waals surface area contributed by atoms with Crippen LogP contribution in [-0.4, -0.2) is 19.6 Å². The van der Waals surface area contributed by atoms with Crippen LogP contribution < -0.4 is 10.2 Å². The average Bonchev–Trinajstić information content (AvgIpc) is 2.89. The Morgan fingerprint density at radius 3 is 2.70 bits per heavy atom. The number of nitrogens with zero attached hydrogens (tertiary/aromatic N) is 1. The summed E-state index contributed by atoms with van der Waals surface area (Å²) in [6, 6.07) is 15.4. The molecule has 1 heterocycles. The van der Waals surface area contributed by atoms with Gasteiger partial charge in [0.2, 0.25) is 0 Å². The normalized spacial score (nSPS) is 16.6. The van der Waals surface area contributed by atoms with E-state index in [9.17, 15) is 4.39 Å². The molecule has 0 aliphatic carbocycles. The number of fused-ring (bicyclic) bond motifs is 1. The lowest BCUT2D eigenvalue weighted by atomic mass is 10.0. The van der Waals surface area contributed by atoms with Crippen LogP contribution in [0, 0.1) is 5.82 Å². The highest BCUT2D eigenvalue weighted by molar-refractivity contribution is 5.59. The topological polar surface area (TPSA) is 15.3 Å². The van der Waals surface area contributed by atoms with Gasteiger partial charge in [-0.15, -0.1) is 0 Å². The summed E-state index contributed by atoms with van der Waals surface area (Å²) in [4.78, 5) is 2.11. The van der Waals surface area contributed by atoms with Crippen LogP contribution in [0.3, 0.4) is 0 Å². The molecule has 2 nitrogen and oxygen atoms in total. The van der Waals surface area contributed by atoms with Gasteiger partial charge in [-0.2, -0.15) is 0 Å². The highest BCUT2D eigenvalue weighted by atomic mass is 19.1. The third-order valence-electron chi connectivity index (χ3n) is 3.96. The third kappa shape index (κ3) is 2.36. The first kappa shape index (κ1) is 13.0. The van der Waals surface area contributed by atoms with Gasteiger partial charge >= 0.3 is 0 Å². The second-order valence-corrected chi connectivity index (χ2v) is 5.16. The minimum absolute atomic E-state index is 0.145. The lowest BCUT2D eigenvalue weighted by Gasteiger charge is -2.26. The molecular formula is C17H19FN2. The maximum absolute atomic E-state index is 13.9. The maximum Gasteiger partial charge on any atom is 0.146 e. The van der Waals surface area contributed by atoms with Gasteiger partial charge in [0, 0.05) is 31.2 Å². The predicted molar refractivity (Wildman–Crippen MR) is 82.0 cm³/mol. The quantitative estimate of drug-likeness (QED) is 0.907. The second kappa shape index (κ2) is 5.53. The summed E-state index contributed by atoms with van der Waals surface area (Å²) in [6.45, 7) is 4.63. The number of rotatable bonds is 4. The number of benzene rings is 2. The molecule has 20 heavy (non-hydrogen) atoms. The van der Waals surface area contributed by atoms with Gasteiger partial charge in [-0.1, -0.05) is 30.3 Å². The molecule has 0 aromatic heterocycles. The van der Waals surface area contributed by atoms with Crippen molar-refractivity contribution in [3.8, 4) is 0 Å². The Bertz CT molecular complexity index is 597. The largest absolute Gasteiger partial charge is 0.384 e. The van der Waals surface area contributed by atoms with Crippen molar-refractivity contribution >= 4 is 11.4 Å². The number of para-hydroxylation sites is 2. The summed E-state index contributed by atoms with van der Waals surface area (Å²) in [6.07, 6.45) is 0. The molecule has 0 radical (unpaired) electrons.